The van der Waals surface area contributed by atoms with Crippen molar-refractivity contribution in [1.29, 1.82) is 10.7 Å². The van der Waals surface area contributed by atoms with Crippen LogP contribution in [0.2, 0.25) is 10.0 Å². The molecular formula is C27H30Cl2N2O3. The van der Waals surface area contributed by atoms with Crippen LogP contribution in [0.1, 0.15) is 75.2 Å². The second kappa shape index (κ2) is 13.3. The van der Waals surface area contributed by atoms with Crippen LogP contribution >= 0.6 is 23.2 Å². The van der Waals surface area contributed by atoms with Crippen LogP contribution in [0.4, 0.5) is 0 Å². The zero-order valence-electron chi connectivity index (χ0n) is 19.8. The van der Waals surface area contributed by atoms with Crippen LogP contribution in [0.25, 0.3) is 0 Å². The van der Waals surface area contributed by atoms with Gasteiger partial charge in [0.2, 0.25) is 5.78 Å². The molecule has 0 heterocycles. The van der Waals surface area contributed by atoms with Gasteiger partial charge in [-0.3, -0.25) is 15.0 Å². The lowest BCUT2D eigenvalue weighted by molar-refractivity contribution is -0.117. The third kappa shape index (κ3) is 7.41. The Labute approximate surface area is 211 Å². The number of ketones is 2. The number of rotatable bonds is 13. The molecule has 0 aliphatic carbocycles. The average molecular weight is 501 g/mol. The summed E-state index contributed by atoms with van der Waals surface area (Å²) in [4.78, 5) is 26.0. The first kappa shape index (κ1) is 27.6. The van der Waals surface area contributed by atoms with Gasteiger partial charge in [0.1, 0.15) is 23.3 Å². The molecule has 180 valence electrons. The van der Waals surface area contributed by atoms with Crippen molar-refractivity contribution in [2.45, 2.75) is 59.3 Å². The van der Waals surface area contributed by atoms with Crippen molar-refractivity contribution in [3.8, 4) is 17.6 Å². The second-order valence-electron chi connectivity index (χ2n) is 8.51. The molecule has 0 aliphatic rings. The first-order valence-electron chi connectivity index (χ1n) is 11.6. The third-order valence-electron chi connectivity index (χ3n) is 5.80. The first-order chi connectivity index (χ1) is 16.2. The van der Waals surface area contributed by atoms with E-state index < -0.39 is 17.3 Å². The summed E-state index contributed by atoms with van der Waals surface area (Å²) in [6.45, 7) is 6.17. The van der Waals surface area contributed by atoms with E-state index in [0.29, 0.717) is 23.8 Å². The summed E-state index contributed by atoms with van der Waals surface area (Å²) < 4.78 is 5.76. The van der Waals surface area contributed by atoms with Gasteiger partial charge in [0.25, 0.3) is 0 Å². The molecule has 0 fully saturated rings. The molecule has 1 N–H and O–H groups in total. The van der Waals surface area contributed by atoms with Crippen molar-refractivity contribution in [2.24, 2.45) is 11.8 Å². The summed E-state index contributed by atoms with van der Waals surface area (Å²) in [6.07, 6.45) is 5.66. The van der Waals surface area contributed by atoms with Gasteiger partial charge in [-0.1, -0.05) is 69.7 Å². The van der Waals surface area contributed by atoms with E-state index in [4.69, 9.17) is 33.3 Å². The predicted molar refractivity (Wildman–Crippen MR) is 136 cm³/mol. The molecule has 2 atom stereocenters. The van der Waals surface area contributed by atoms with E-state index >= 15 is 0 Å². The number of halogens is 2. The number of hydrogen-bond acceptors (Lipinski definition) is 5. The molecule has 2 aromatic rings. The molecule has 0 amide bonds. The predicted octanol–water partition coefficient (Wildman–Crippen LogP) is 8.06. The molecule has 34 heavy (non-hydrogen) atoms. The summed E-state index contributed by atoms with van der Waals surface area (Å²) in [5.74, 6) is -0.711. The average Bonchev–Trinajstić information content (AvgIpc) is 2.83. The highest BCUT2D eigenvalue weighted by Gasteiger charge is 2.29. The maximum Gasteiger partial charge on any atom is 0.215 e. The Kier molecular flexibility index (Phi) is 10.8. The zero-order valence-corrected chi connectivity index (χ0v) is 21.3. The normalized spacial score (nSPS) is 12.5. The van der Waals surface area contributed by atoms with E-state index in [1.807, 2.05) is 13.0 Å². The zero-order chi connectivity index (χ0) is 25.3. The molecular weight excluding hydrogens is 471 g/mol. The van der Waals surface area contributed by atoms with Crippen LogP contribution in [0.5, 0.6) is 11.5 Å². The standard InChI is InChI=1S/C27H30Cl2N2O3/c1-4-6-7-8-17(3)13-18(5-2)26(32)25(31)27(33)22-15-21(10-11-23(22)29)34-24-12-9-20(28)14-19(24)16-30/h9-12,14-15,17-18,31H,4-8,13H2,1-3H3. The van der Waals surface area contributed by atoms with E-state index in [2.05, 4.69) is 13.8 Å². The van der Waals surface area contributed by atoms with E-state index in [0.717, 1.165) is 25.7 Å². The van der Waals surface area contributed by atoms with Crippen LogP contribution < -0.4 is 4.74 Å². The summed E-state index contributed by atoms with van der Waals surface area (Å²) in [5.41, 5.74) is -0.330. The van der Waals surface area contributed by atoms with Gasteiger partial charge in [-0.2, -0.15) is 5.26 Å². The number of benzene rings is 2. The highest BCUT2D eigenvalue weighted by atomic mass is 35.5. The molecule has 2 rings (SSSR count). The number of unbranched alkanes of at least 4 members (excludes halogenated alkanes) is 2. The summed E-state index contributed by atoms with van der Waals surface area (Å²) in [7, 11) is 0. The molecule has 5 nitrogen and oxygen atoms in total. The maximum absolute atomic E-state index is 13.0. The van der Waals surface area contributed by atoms with Crippen LogP contribution in [-0.2, 0) is 4.79 Å². The summed E-state index contributed by atoms with van der Waals surface area (Å²) >= 11 is 12.2. The van der Waals surface area contributed by atoms with Gasteiger partial charge < -0.3 is 4.74 Å². The number of carbonyl (C=O) groups is 2. The number of nitrogens with one attached hydrogen (secondary N) is 1. The minimum Gasteiger partial charge on any atom is -0.456 e. The second-order valence-corrected chi connectivity index (χ2v) is 9.35. The number of carbonyl (C=O) groups excluding carboxylic acids is 2. The van der Waals surface area contributed by atoms with Gasteiger partial charge in [0, 0.05) is 16.5 Å². The largest absolute Gasteiger partial charge is 0.456 e. The van der Waals surface area contributed by atoms with E-state index in [1.54, 1.807) is 18.2 Å². The Bertz CT molecular complexity index is 1090. The molecule has 7 heteroatoms. The van der Waals surface area contributed by atoms with Gasteiger partial charge in [0.05, 0.1) is 10.6 Å². The lowest BCUT2D eigenvalue weighted by atomic mass is 9.85. The number of nitrogens with zero attached hydrogens (tertiary/aromatic N) is 1. The fraction of sp³-hybridized carbons (Fsp3) is 0.407. The van der Waals surface area contributed by atoms with Crippen molar-refractivity contribution in [2.75, 3.05) is 0 Å². The lowest BCUT2D eigenvalue weighted by Crippen LogP contribution is -2.30. The van der Waals surface area contributed by atoms with Crippen molar-refractivity contribution in [3.05, 3.63) is 57.6 Å². The molecule has 0 aromatic heterocycles. The molecule has 0 saturated carbocycles. The Balaban J connectivity index is 2.18. The monoisotopic (exact) mass is 500 g/mol. The molecule has 0 aliphatic heterocycles. The molecule has 0 spiro atoms. The number of Topliss-reactive ketones (excluding diaryl/α,β-unsaturated/α-hetero) is 2. The summed E-state index contributed by atoms with van der Waals surface area (Å²) in [6, 6.07) is 11.0. The van der Waals surface area contributed by atoms with Crippen molar-refractivity contribution in [1.82, 2.24) is 0 Å². The van der Waals surface area contributed by atoms with Crippen LogP contribution in [0.3, 0.4) is 0 Å². The minimum absolute atomic E-state index is 0.0100. The van der Waals surface area contributed by atoms with E-state index in [-0.39, 0.29) is 33.6 Å². The topological polar surface area (TPSA) is 91.0 Å². The molecule has 0 saturated heterocycles. The smallest absolute Gasteiger partial charge is 0.215 e. The molecule has 0 radical (unpaired) electrons. The molecule has 0 bridgehead atoms. The fourth-order valence-corrected chi connectivity index (χ4v) is 4.18. The van der Waals surface area contributed by atoms with Gasteiger partial charge in [-0.15, -0.1) is 0 Å². The number of hydrogen-bond donors (Lipinski definition) is 1. The van der Waals surface area contributed by atoms with E-state index in [1.165, 1.54) is 18.2 Å². The fourth-order valence-electron chi connectivity index (χ4n) is 3.80. The minimum atomic E-state index is -0.742. The van der Waals surface area contributed by atoms with Gasteiger partial charge in [-0.05, 0) is 55.2 Å². The van der Waals surface area contributed by atoms with Crippen LogP contribution in [-0.4, -0.2) is 17.3 Å². The summed E-state index contributed by atoms with van der Waals surface area (Å²) in [5, 5.41) is 18.1. The quantitative estimate of drug-likeness (QED) is 0.130. The highest BCUT2D eigenvalue weighted by Crippen LogP contribution is 2.31. The van der Waals surface area contributed by atoms with Crippen LogP contribution in [0, 0.1) is 28.6 Å². The Hall–Kier alpha value is -2.68. The Morgan fingerprint density at radius 2 is 1.85 bits per heavy atom. The van der Waals surface area contributed by atoms with Gasteiger partial charge >= 0.3 is 0 Å². The van der Waals surface area contributed by atoms with E-state index in [9.17, 15) is 14.9 Å². The SMILES string of the molecule is CCCCCC(C)CC(CC)C(=O)C(=N)C(=O)c1cc(Oc2ccc(Cl)cc2C#N)ccc1Cl. The Morgan fingerprint density at radius 1 is 1.12 bits per heavy atom. The Morgan fingerprint density at radius 3 is 2.50 bits per heavy atom. The number of nitriles is 1. The first-order valence-corrected chi connectivity index (χ1v) is 12.3. The lowest BCUT2D eigenvalue weighted by Gasteiger charge is -2.19. The van der Waals surface area contributed by atoms with Gasteiger partial charge in [-0.25, -0.2) is 0 Å². The molecule has 2 unspecified atom stereocenters. The van der Waals surface area contributed by atoms with Crippen molar-refractivity contribution in [3.63, 3.8) is 0 Å². The maximum atomic E-state index is 13.0. The van der Waals surface area contributed by atoms with Gasteiger partial charge in [0.15, 0.2) is 5.78 Å². The molecule has 2 aromatic carbocycles. The third-order valence-corrected chi connectivity index (χ3v) is 6.36. The highest BCUT2D eigenvalue weighted by molar-refractivity contribution is 6.69. The van der Waals surface area contributed by atoms with Crippen molar-refractivity contribution >= 4 is 40.5 Å². The van der Waals surface area contributed by atoms with Crippen molar-refractivity contribution < 1.29 is 14.3 Å². The van der Waals surface area contributed by atoms with Crippen LogP contribution in [0.15, 0.2) is 36.4 Å². The number of ether oxygens (including phenoxy) is 1.